The first-order valence-corrected chi connectivity index (χ1v) is 4.86. The van der Waals surface area contributed by atoms with E-state index in [1.807, 2.05) is 0 Å². The second-order valence-electron chi connectivity index (χ2n) is 3.26. The van der Waals surface area contributed by atoms with Crippen molar-refractivity contribution in [2.45, 2.75) is 6.42 Å². The van der Waals surface area contributed by atoms with Gasteiger partial charge in [0.2, 0.25) is 5.91 Å². The zero-order chi connectivity index (χ0) is 12.0. The second kappa shape index (κ2) is 6.02. The lowest BCUT2D eigenvalue weighted by Gasteiger charge is -2.06. The van der Waals surface area contributed by atoms with E-state index in [0.717, 1.165) is 6.08 Å². The molecule has 0 aromatic carbocycles. The Kier molecular flexibility index (Phi) is 4.65. The summed E-state index contributed by atoms with van der Waals surface area (Å²) < 4.78 is 9.47. The van der Waals surface area contributed by atoms with E-state index in [2.05, 4.69) is 16.6 Å². The molecule has 6 heteroatoms. The molecule has 1 fully saturated rings. The molecule has 1 rings (SSSR count). The minimum atomic E-state index is -0.542. The van der Waals surface area contributed by atoms with Gasteiger partial charge in [-0.3, -0.25) is 14.4 Å². The van der Waals surface area contributed by atoms with Gasteiger partial charge in [-0.25, -0.2) is 0 Å². The van der Waals surface area contributed by atoms with E-state index in [1.165, 1.54) is 0 Å². The van der Waals surface area contributed by atoms with Crippen LogP contribution in [0.15, 0.2) is 12.7 Å². The number of hydrogen-bond donors (Lipinski definition) is 1. The summed E-state index contributed by atoms with van der Waals surface area (Å²) in [4.78, 5) is 32.4. The van der Waals surface area contributed by atoms with Crippen LogP contribution in [0.3, 0.4) is 0 Å². The number of carbonyl (C=O) groups excluding carboxylic acids is 3. The smallest absolute Gasteiger partial charge is 0.319 e. The summed E-state index contributed by atoms with van der Waals surface area (Å²) in [7, 11) is 0. The predicted molar refractivity (Wildman–Crippen MR) is 53.2 cm³/mol. The Morgan fingerprint density at radius 2 is 2.38 bits per heavy atom. The maximum absolute atomic E-state index is 11.0. The topological polar surface area (TPSA) is 81.7 Å². The lowest BCUT2D eigenvalue weighted by atomic mass is 10.1. The second-order valence-corrected chi connectivity index (χ2v) is 3.26. The van der Waals surface area contributed by atoms with Crippen molar-refractivity contribution in [2.75, 3.05) is 19.8 Å². The Morgan fingerprint density at radius 1 is 1.62 bits per heavy atom. The highest BCUT2D eigenvalue weighted by atomic mass is 16.6. The third kappa shape index (κ3) is 3.82. The minimum Gasteiger partial charge on any atom is -0.393 e. The number of carbonyl (C=O) groups is 3. The average Bonchev–Trinajstić information content (AvgIpc) is 2.56. The number of ether oxygens (including phenoxy) is 2. The fourth-order valence-electron chi connectivity index (χ4n) is 1.19. The molecule has 1 N–H and O–H groups in total. The fourth-order valence-corrected chi connectivity index (χ4v) is 1.19. The van der Waals surface area contributed by atoms with E-state index in [-0.39, 0.29) is 25.5 Å². The van der Waals surface area contributed by atoms with Crippen LogP contribution in [0.5, 0.6) is 0 Å². The third-order valence-corrected chi connectivity index (χ3v) is 2.01. The summed E-state index contributed by atoms with van der Waals surface area (Å²) in [5.74, 6) is -1.85. The number of cyclic esters (lactones) is 2. The van der Waals surface area contributed by atoms with Crippen molar-refractivity contribution in [2.24, 2.45) is 5.92 Å². The van der Waals surface area contributed by atoms with Crippen LogP contribution in [-0.4, -0.2) is 37.6 Å². The lowest BCUT2D eigenvalue weighted by molar-refractivity contribution is -0.153. The van der Waals surface area contributed by atoms with Crippen LogP contribution in [0.2, 0.25) is 0 Å². The summed E-state index contributed by atoms with van der Waals surface area (Å²) in [6.45, 7) is 4.03. The van der Waals surface area contributed by atoms with Gasteiger partial charge in [0, 0.05) is 6.54 Å². The molecular weight excluding hydrogens is 214 g/mol. The van der Waals surface area contributed by atoms with Crippen LogP contribution in [0, 0.1) is 5.92 Å². The monoisotopic (exact) mass is 227 g/mol. The van der Waals surface area contributed by atoms with Crippen LogP contribution in [0.25, 0.3) is 0 Å². The van der Waals surface area contributed by atoms with Crippen molar-refractivity contribution in [3.05, 3.63) is 12.7 Å². The molecule has 88 valence electrons. The van der Waals surface area contributed by atoms with Crippen molar-refractivity contribution < 1.29 is 23.9 Å². The summed E-state index contributed by atoms with van der Waals surface area (Å²) in [5, 5.41) is 2.51. The molecule has 1 aliphatic rings. The van der Waals surface area contributed by atoms with E-state index in [9.17, 15) is 14.4 Å². The maximum Gasteiger partial charge on any atom is 0.319 e. The van der Waals surface area contributed by atoms with E-state index in [1.54, 1.807) is 0 Å². The van der Waals surface area contributed by atoms with Crippen molar-refractivity contribution in [1.29, 1.82) is 0 Å². The van der Waals surface area contributed by atoms with Crippen LogP contribution in [0.4, 0.5) is 0 Å². The molecule has 0 aromatic heterocycles. The SMILES string of the molecule is C=CC(=O)NCCOCC1CC(=O)OC1=O. The molecular formula is C10H13NO5. The lowest BCUT2D eigenvalue weighted by Crippen LogP contribution is -2.26. The summed E-state index contributed by atoms with van der Waals surface area (Å²) in [6, 6.07) is 0. The molecule has 0 aromatic rings. The summed E-state index contributed by atoms with van der Waals surface area (Å²) in [5.41, 5.74) is 0. The van der Waals surface area contributed by atoms with Gasteiger partial charge in [-0.2, -0.15) is 0 Å². The first kappa shape index (κ1) is 12.4. The fraction of sp³-hybridized carbons (Fsp3) is 0.500. The average molecular weight is 227 g/mol. The first-order chi connectivity index (χ1) is 7.63. The molecule has 16 heavy (non-hydrogen) atoms. The zero-order valence-electron chi connectivity index (χ0n) is 8.73. The Hall–Kier alpha value is -1.69. The van der Waals surface area contributed by atoms with E-state index in [0.29, 0.717) is 6.54 Å². The molecule has 1 saturated heterocycles. The third-order valence-electron chi connectivity index (χ3n) is 2.01. The summed E-state index contributed by atoms with van der Waals surface area (Å²) in [6.07, 6.45) is 1.23. The van der Waals surface area contributed by atoms with Gasteiger partial charge >= 0.3 is 11.9 Å². The molecule has 0 aliphatic carbocycles. The van der Waals surface area contributed by atoms with Gasteiger partial charge in [0.05, 0.1) is 25.6 Å². The predicted octanol–water partition coefficient (Wildman–Crippen LogP) is -0.605. The largest absolute Gasteiger partial charge is 0.393 e. The number of amides is 1. The Balaban J connectivity index is 2.07. The number of nitrogens with one attached hydrogen (secondary N) is 1. The van der Waals surface area contributed by atoms with Gasteiger partial charge in [0.25, 0.3) is 0 Å². The zero-order valence-corrected chi connectivity index (χ0v) is 8.73. The van der Waals surface area contributed by atoms with Crippen LogP contribution in [0.1, 0.15) is 6.42 Å². The van der Waals surface area contributed by atoms with E-state index in [4.69, 9.17) is 4.74 Å². The number of rotatable bonds is 6. The van der Waals surface area contributed by atoms with Crippen LogP contribution < -0.4 is 5.32 Å². The maximum atomic E-state index is 11.0. The van der Waals surface area contributed by atoms with Crippen molar-refractivity contribution >= 4 is 17.8 Å². The van der Waals surface area contributed by atoms with Gasteiger partial charge in [-0.15, -0.1) is 0 Å². The highest BCUT2D eigenvalue weighted by Gasteiger charge is 2.33. The standard InChI is InChI=1S/C10H13NO5/c1-2-8(12)11-3-4-15-6-7-5-9(13)16-10(7)14/h2,7H,1,3-6H2,(H,11,12). The first-order valence-electron chi connectivity index (χ1n) is 4.86. The number of esters is 2. The Bertz CT molecular complexity index is 312. The molecule has 6 nitrogen and oxygen atoms in total. The highest BCUT2D eigenvalue weighted by molar-refractivity contribution is 5.94. The molecule has 0 spiro atoms. The highest BCUT2D eigenvalue weighted by Crippen LogP contribution is 2.15. The van der Waals surface area contributed by atoms with Crippen LogP contribution >= 0.6 is 0 Å². The van der Waals surface area contributed by atoms with E-state index >= 15 is 0 Å². The van der Waals surface area contributed by atoms with Crippen molar-refractivity contribution in [1.82, 2.24) is 5.32 Å². The number of hydrogen-bond acceptors (Lipinski definition) is 5. The summed E-state index contributed by atoms with van der Waals surface area (Å²) >= 11 is 0. The van der Waals surface area contributed by atoms with Gasteiger partial charge in [0.1, 0.15) is 0 Å². The van der Waals surface area contributed by atoms with Gasteiger partial charge in [0.15, 0.2) is 0 Å². The Morgan fingerprint density at radius 3 is 2.94 bits per heavy atom. The van der Waals surface area contributed by atoms with Crippen molar-refractivity contribution in [3.8, 4) is 0 Å². The normalized spacial score (nSPS) is 19.4. The quantitative estimate of drug-likeness (QED) is 0.283. The van der Waals surface area contributed by atoms with E-state index < -0.39 is 17.9 Å². The molecule has 1 heterocycles. The molecule has 1 aliphatic heterocycles. The molecule has 0 saturated carbocycles. The molecule has 1 amide bonds. The van der Waals surface area contributed by atoms with Gasteiger partial charge in [-0.1, -0.05) is 6.58 Å². The van der Waals surface area contributed by atoms with Gasteiger partial charge < -0.3 is 14.8 Å². The van der Waals surface area contributed by atoms with Gasteiger partial charge in [-0.05, 0) is 6.08 Å². The minimum absolute atomic E-state index is 0.0673. The molecule has 1 atom stereocenters. The Labute approximate surface area is 92.6 Å². The molecule has 1 unspecified atom stereocenters. The molecule has 0 radical (unpaired) electrons. The van der Waals surface area contributed by atoms with Crippen LogP contribution in [-0.2, 0) is 23.9 Å². The van der Waals surface area contributed by atoms with Crippen molar-refractivity contribution in [3.63, 3.8) is 0 Å². The molecule has 0 bridgehead atoms.